The van der Waals surface area contributed by atoms with Gasteiger partial charge < -0.3 is 10.1 Å². The number of amides is 1. The summed E-state index contributed by atoms with van der Waals surface area (Å²) in [6.07, 6.45) is 5.66. The zero-order chi connectivity index (χ0) is 15.9. The van der Waals surface area contributed by atoms with E-state index in [2.05, 4.69) is 28.4 Å². The molecule has 0 radical (unpaired) electrons. The van der Waals surface area contributed by atoms with E-state index in [9.17, 15) is 4.79 Å². The number of benzene rings is 1. The van der Waals surface area contributed by atoms with Crippen molar-refractivity contribution in [3.05, 3.63) is 29.3 Å². The molecule has 124 valence electrons. The van der Waals surface area contributed by atoms with E-state index in [1.165, 1.54) is 30.4 Å². The van der Waals surface area contributed by atoms with Crippen LogP contribution in [0.1, 0.15) is 36.8 Å². The molecule has 3 aliphatic rings. The lowest BCUT2D eigenvalue weighted by molar-refractivity contribution is -0.127. The van der Waals surface area contributed by atoms with Gasteiger partial charge in [-0.2, -0.15) is 0 Å². The van der Waals surface area contributed by atoms with Crippen molar-refractivity contribution in [1.29, 1.82) is 0 Å². The Morgan fingerprint density at radius 1 is 1.43 bits per heavy atom. The molecule has 1 saturated carbocycles. The van der Waals surface area contributed by atoms with E-state index in [1.54, 1.807) is 7.05 Å². The maximum absolute atomic E-state index is 12.2. The van der Waals surface area contributed by atoms with Gasteiger partial charge in [-0.15, -0.1) is 0 Å². The van der Waals surface area contributed by atoms with Gasteiger partial charge in [-0.3, -0.25) is 9.69 Å². The highest BCUT2D eigenvalue weighted by atomic mass is 16.5. The number of carbonyl (C=O) groups excluding carboxylic acids is 1. The van der Waals surface area contributed by atoms with Crippen LogP contribution in [0.2, 0.25) is 0 Å². The first kappa shape index (κ1) is 15.0. The van der Waals surface area contributed by atoms with Gasteiger partial charge in [0.15, 0.2) is 0 Å². The first-order valence-electron chi connectivity index (χ1n) is 8.89. The Kier molecular flexibility index (Phi) is 3.80. The second-order valence-corrected chi connectivity index (χ2v) is 7.42. The van der Waals surface area contributed by atoms with Gasteiger partial charge in [-0.25, -0.2) is 0 Å². The zero-order valence-electron chi connectivity index (χ0n) is 13.9. The summed E-state index contributed by atoms with van der Waals surface area (Å²) in [5.74, 6) is 1.52. The van der Waals surface area contributed by atoms with Crippen LogP contribution < -0.4 is 10.1 Å². The van der Waals surface area contributed by atoms with Crippen LogP contribution >= 0.6 is 0 Å². The highest BCUT2D eigenvalue weighted by molar-refractivity contribution is 5.79. The van der Waals surface area contributed by atoms with Crippen LogP contribution in [-0.4, -0.2) is 37.6 Å². The summed E-state index contributed by atoms with van der Waals surface area (Å²) in [4.78, 5) is 14.8. The number of hydrogen-bond donors (Lipinski definition) is 1. The van der Waals surface area contributed by atoms with E-state index < -0.39 is 0 Å². The molecule has 4 rings (SSSR count). The monoisotopic (exact) mass is 314 g/mol. The normalized spacial score (nSPS) is 29.7. The molecule has 1 spiro atoms. The molecule has 1 N–H and O–H groups in total. The lowest BCUT2D eigenvalue weighted by Gasteiger charge is -2.30. The van der Waals surface area contributed by atoms with E-state index >= 15 is 0 Å². The molecule has 23 heavy (non-hydrogen) atoms. The van der Waals surface area contributed by atoms with Gasteiger partial charge in [-0.05, 0) is 48.4 Å². The van der Waals surface area contributed by atoms with E-state index in [4.69, 9.17) is 4.74 Å². The zero-order valence-corrected chi connectivity index (χ0v) is 13.9. The van der Waals surface area contributed by atoms with Crippen molar-refractivity contribution < 1.29 is 9.53 Å². The smallest absolute Gasteiger partial charge is 0.223 e. The Bertz CT molecular complexity index is 615. The fraction of sp³-hybridized carbons (Fsp3) is 0.632. The Hall–Kier alpha value is -1.55. The molecule has 1 aromatic carbocycles. The molecule has 0 unspecified atom stereocenters. The number of ether oxygens (including phenoxy) is 1. The van der Waals surface area contributed by atoms with Crippen LogP contribution in [0.15, 0.2) is 18.2 Å². The number of rotatable bonds is 3. The molecule has 2 heterocycles. The van der Waals surface area contributed by atoms with Crippen LogP contribution in [0.25, 0.3) is 0 Å². The maximum Gasteiger partial charge on any atom is 0.223 e. The summed E-state index contributed by atoms with van der Waals surface area (Å²) >= 11 is 0. The SMILES string of the molecule is CNC(=O)[C@H]1CCC[C@]12CCN(Cc1ccc3c(c1)CCO3)C2. The highest BCUT2D eigenvalue weighted by Gasteiger charge is 2.49. The maximum atomic E-state index is 12.2. The average molecular weight is 314 g/mol. The number of nitrogens with zero attached hydrogens (tertiary/aromatic N) is 1. The molecule has 1 amide bonds. The molecule has 2 aliphatic heterocycles. The Morgan fingerprint density at radius 2 is 2.35 bits per heavy atom. The van der Waals surface area contributed by atoms with Crippen molar-refractivity contribution in [2.24, 2.45) is 11.3 Å². The van der Waals surface area contributed by atoms with Gasteiger partial charge >= 0.3 is 0 Å². The fourth-order valence-electron chi connectivity index (χ4n) is 4.93. The Balaban J connectivity index is 1.45. The van der Waals surface area contributed by atoms with Crippen LogP contribution in [0.4, 0.5) is 0 Å². The number of likely N-dealkylation sites (tertiary alicyclic amines) is 1. The molecule has 1 aliphatic carbocycles. The molecule has 4 nitrogen and oxygen atoms in total. The highest BCUT2D eigenvalue weighted by Crippen LogP contribution is 2.50. The van der Waals surface area contributed by atoms with Gasteiger partial charge in [0, 0.05) is 32.5 Å². The van der Waals surface area contributed by atoms with Crippen molar-refractivity contribution in [3.63, 3.8) is 0 Å². The third-order valence-electron chi connectivity index (χ3n) is 6.09. The van der Waals surface area contributed by atoms with Gasteiger partial charge in [0.2, 0.25) is 5.91 Å². The summed E-state index contributed by atoms with van der Waals surface area (Å²) in [5.41, 5.74) is 2.95. The number of nitrogens with one attached hydrogen (secondary N) is 1. The molecule has 2 atom stereocenters. The second kappa shape index (κ2) is 5.82. The van der Waals surface area contributed by atoms with Crippen LogP contribution in [0.3, 0.4) is 0 Å². The summed E-state index contributed by atoms with van der Waals surface area (Å²) in [5, 5.41) is 2.88. The quantitative estimate of drug-likeness (QED) is 0.931. The lowest BCUT2D eigenvalue weighted by Crippen LogP contribution is -2.39. The Morgan fingerprint density at radius 3 is 3.22 bits per heavy atom. The van der Waals surface area contributed by atoms with Gasteiger partial charge in [0.25, 0.3) is 0 Å². The summed E-state index contributed by atoms with van der Waals surface area (Å²) < 4.78 is 5.59. The minimum Gasteiger partial charge on any atom is -0.493 e. The van der Waals surface area contributed by atoms with Gasteiger partial charge in [0.05, 0.1) is 6.61 Å². The van der Waals surface area contributed by atoms with E-state index in [-0.39, 0.29) is 17.2 Å². The minimum absolute atomic E-state index is 0.214. The van der Waals surface area contributed by atoms with Crippen molar-refractivity contribution >= 4 is 5.91 Å². The van der Waals surface area contributed by atoms with Crippen molar-refractivity contribution in [3.8, 4) is 5.75 Å². The first-order valence-corrected chi connectivity index (χ1v) is 8.89. The van der Waals surface area contributed by atoms with Gasteiger partial charge in [0.1, 0.15) is 5.75 Å². The number of hydrogen-bond acceptors (Lipinski definition) is 3. The third kappa shape index (κ3) is 2.63. The van der Waals surface area contributed by atoms with Crippen LogP contribution in [0.5, 0.6) is 5.75 Å². The molecular formula is C19H26N2O2. The molecule has 1 aromatic rings. The van der Waals surface area contributed by atoms with Crippen molar-refractivity contribution in [2.45, 2.75) is 38.6 Å². The molecular weight excluding hydrogens is 288 g/mol. The number of fused-ring (bicyclic) bond motifs is 1. The molecule has 1 saturated heterocycles. The molecule has 2 fully saturated rings. The summed E-state index contributed by atoms with van der Waals surface area (Å²) in [7, 11) is 1.77. The minimum atomic E-state index is 0.214. The number of carbonyl (C=O) groups is 1. The predicted octanol–water partition coefficient (Wildman–Crippen LogP) is 2.36. The standard InChI is InChI=1S/C19H26N2O2/c1-20-18(22)16-3-2-7-19(16)8-9-21(13-19)12-14-4-5-17-15(11-14)6-10-23-17/h4-5,11,16H,2-3,6-10,12-13H2,1H3,(H,20,22)/t16-,19-/m1/s1. The molecule has 0 bridgehead atoms. The van der Waals surface area contributed by atoms with Gasteiger partial charge in [-0.1, -0.05) is 18.6 Å². The fourth-order valence-corrected chi connectivity index (χ4v) is 4.93. The second-order valence-electron chi connectivity index (χ2n) is 7.42. The summed E-state index contributed by atoms with van der Waals surface area (Å²) in [6.45, 7) is 3.99. The largest absolute Gasteiger partial charge is 0.493 e. The van der Waals surface area contributed by atoms with E-state index in [1.807, 2.05) is 0 Å². The van der Waals surface area contributed by atoms with E-state index in [0.29, 0.717) is 0 Å². The van der Waals surface area contributed by atoms with E-state index in [0.717, 1.165) is 44.8 Å². The average Bonchev–Trinajstić information content (AvgIpc) is 3.27. The topological polar surface area (TPSA) is 41.6 Å². The first-order chi connectivity index (χ1) is 11.2. The molecule has 0 aromatic heterocycles. The molecule has 4 heteroatoms. The van der Waals surface area contributed by atoms with Crippen LogP contribution in [-0.2, 0) is 17.8 Å². The van der Waals surface area contributed by atoms with Crippen molar-refractivity contribution in [1.82, 2.24) is 10.2 Å². The van der Waals surface area contributed by atoms with Crippen LogP contribution in [0, 0.1) is 11.3 Å². The summed E-state index contributed by atoms with van der Waals surface area (Å²) in [6, 6.07) is 6.62. The Labute approximate surface area is 138 Å². The third-order valence-corrected chi connectivity index (χ3v) is 6.09. The lowest BCUT2D eigenvalue weighted by atomic mass is 9.76. The van der Waals surface area contributed by atoms with Crippen molar-refractivity contribution in [2.75, 3.05) is 26.7 Å². The predicted molar refractivity (Wildman–Crippen MR) is 89.4 cm³/mol.